The van der Waals surface area contributed by atoms with Gasteiger partial charge >= 0.3 is 12.8 Å². The van der Waals surface area contributed by atoms with Gasteiger partial charge in [-0.2, -0.15) is 0 Å². The largest absolute Gasteiger partial charge is 0.464 e. The Labute approximate surface area is 84.8 Å². The highest BCUT2D eigenvalue weighted by Crippen LogP contribution is 2.02. The zero-order valence-corrected chi connectivity index (χ0v) is 8.02. The van der Waals surface area contributed by atoms with E-state index in [1.807, 2.05) is 0 Å². The van der Waals surface area contributed by atoms with Gasteiger partial charge in [0.25, 0.3) is 0 Å². The molecule has 2 N–H and O–H groups in total. The molecule has 1 aliphatic heterocycles. The smallest absolute Gasteiger partial charge is 0.420 e. The van der Waals surface area contributed by atoms with Crippen LogP contribution in [0, 0.1) is 0 Å². The van der Waals surface area contributed by atoms with Gasteiger partial charge in [-0.25, -0.2) is 17.9 Å². The Morgan fingerprint density at radius 2 is 1.80 bits per heavy atom. The van der Waals surface area contributed by atoms with E-state index in [9.17, 15) is 22.8 Å². The topological polar surface area (TPSA) is 121 Å². The average molecular weight is 232 g/mol. The number of hydrogen-bond acceptors (Lipinski definition) is 5. The summed E-state index contributed by atoms with van der Waals surface area (Å²) < 4.78 is 23.2. The maximum Gasteiger partial charge on any atom is 0.420 e. The van der Waals surface area contributed by atoms with Crippen molar-refractivity contribution < 1.29 is 27.9 Å². The zero-order chi connectivity index (χ0) is 11.6. The second-order valence-electron chi connectivity index (χ2n) is 2.59. The van der Waals surface area contributed by atoms with Crippen LogP contribution in [0.1, 0.15) is 0 Å². The first-order chi connectivity index (χ1) is 6.82. The molecule has 80 valence electrons. The fourth-order valence-electron chi connectivity index (χ4n) is 0.894. The second kappa shape index (κ2) is 3.73. The summed E-state index contributed by atoms with van der Waals surface area (Å²) in [4.78, 5) is 32.3. The van der Waals surface area contributed by atoms with Gasteiger partial charge in [0.05, 0.1) is 0 Å². The van der Waals surface area contributed by atoms with Crippen molar-refractivity contribution >= 4 is 34.5 Å². The third-order valence-electron chi connectivity index (χ3n) is 1.44. The van der Waals surface area contributed by atoms with Gasteiger partial charge in [-0.05, 0) is 0 Å². The molecule has 0 radical (unpaired) electrons. The highest BCUT2D eigenvalue weighted by molar-refractivity contribution is 8.13. The van der Waals surface area contributed by atoms with Gasteiger partial charge in [-0.3, -0.25) is 9.59 Å². The van der Waals surface area contributed by atoms with E-state index in [2.05, 4.69) is 0 Å². The van der Waals surface area contributed by atoms with E-state index >= 15 is 0 Å². The van der Waals surface area contributed by atoms with Crippen molar-refractivity contribution in [3.63, 3.8) is 0 Å². The van der Waals surface area contributed by atoms with Crippen LogP contribution >= 0.6 is 0 Å². The van der Waals surface area contributed by atoms with E-state index in [0.29, 0.717) is 4.81 Å². The first-order valence-electron chi connectivity index (χ1n) is 3.59. The molecule has 0 aliphatic carbocycles. The van der Waals surface area contributed by atoms with Crippen molar-refractivity contribution in [1.82, 2.24) is 9.53 Å². The summed E-state index contributed by atoms with van der Waals surface area (Å²) in [5.41, 5.74) is 0. The number of amides is 3. The molecule has 8 nitrogen and oxygen atoms in total. The summed E-state index contributed by atoms with van der Waals surface area (Å²) in [7, 11) is -4.24. The van der Waals surface area contributed by atoms with E-state index in [0.717, 1.165) is 12.2 Å². The van der Waals surface area contributed by atoms with Crippen LogP contribution in [0.15, 0.2) is 12.2 Å². The highest BCUT2D eigenvalue weighted by Gasteiger charge is 2.31. The fraction of sp³-hybridized carbons (Fsp3) is 0. The lowest BCUT2D eigenvalue weighted by Gasteiger charge is -2.11. The molecule has 0 spiro atoms. The summed E-state index contributed by atoms with van der Waals surface area (Å²) in [6.45, 7) is -1.01. The zero-order valence-electron chi connectivity index (χ0n) is 7.21. The van der Waals surface area contributed by atoms with E-state index in [-0.39, 0.29) is 0 Å². The lowest BCUT2D eigenvalue weighted by atomic mass is 10.3. The Hall–Kier alpha value is -1.84. The predicted molar refractivity (Wildman–Crippen MR) is 48.2 cm³/mol. The van der Waals surface area contributed by atoms with Gasteiger partial charge in [0.1, 0.15) is 0 Å². The van der Waals surface area contributed by atoms with Crippen molar-refractivity contribution in [2.24, 2.45) is 0 Å². The van der Waals surface area contributed by atoms with Gasteiger partial charge < -0.3 is 9.92 Å². The molecule has 0 saturated carbocycles. The molecule has 0 unspecified atom stereocenters. The van der Waals surface area contributed by atoms with E-state index < -0.39 is 34.5 Å². The quantitative estimate of drug-likeness (QED) is 0.419. The second-order valence-corrected chi connectivity index (χ2v) is 4.28. The molecule has 0 fully saturated rings. The summed E-state index contributed by atoms with van der Waals surface area (Å²) in [5.74, 6) is -1.59. The number of nitrogens with one attached hydrogen (secondary N) is 1. The minimum Gasteiger partial charge on any atom is -0.464 e. The Kier molecular flexibility index (Phi) is 2.79. The lowest BCUT2D eigenvalue weighted by molar-refractivity contribution is -0.131. The van der Waals surface area contributed by atoms with Crippen LogP contribution in [-0.2, 0) is 19.5 Å². The predicted octanol–water partition coefficient (Wildman–Crippen LogP) is -2.22. The number of imide groups is 1. The van der Waals surface area contributed by atoms with Gasteiger partial charge in [-0.15, -0.1) is 0 Å². The minimum absolute atomic E-state index is 0.408. The summed E-state index contributed by atoms with van der Waals surface area (Å²) in [5, 5.41) is 8.16. The molecule has 0 saturated heterocycles. The minimum atomic E-state index is -4.24. The molecular weight excluding hydrogens is 227 g/mol. The lowest BCUT2D eigenvalue weighted by Crippen LogP contribution is -2.44. The van der Waals surface area contributed by atoms with Crippen molar-refractivity contribution in [1.29, 1.82) is 0 Å². The Bertz CT molecular complexity index is 436. The van der Waals surface area contributed by atoms with E-state index in [1.165, 1.54) is 4.72 Å². The molecule has 15 heavy (non-hydrogen) atoms. The Balaban J connectivity index is 2.75. The van der Waals surface area contributed by atoms with Crippen LogP contribution in [0.2, 0.25) is 0 Å². The fourth-order valence-corrected chi connectivity index (χ4v) is 1.82. The number of nitrogens with zero attached hydrogens (tertiary/aromatic N) is 1. The number of carbonyl (C=O) groups excluding carboxylic acids is 2. The van der Waals surface area contributed by atoms with Gasteiger partial charge in [0, 0.05) is 12.2 Å². The summed E-state index contributed by atoms with van der Waals surface area (Å²) >= 11 is 0. The van der Waals surface area contributed by atoms with E-state index in [1.54, 1.807) is 0 Å². The summed E-state index contributed by atoms with van der Waals surface area (Å²) in [6.07, 6.45) is 0.0269. The van der Waals surface area contributed by atoms with Gasteiger partial charge in [0.2, 0.25) is 21.7 Å². The molecule has 1 aliphatic rings. The highest BCUT2D eigenvalue weighted by atomic mass is 32.2. The maximum atomic E-state index is 11.0. The normalized spacial score (nSPS) is 15.6. The first kappa shape index (κ1) is 11.2. The molecule has 0 atom stereocenters. The van der Waals surface area contributed by atoms with Gasteiger partial charge in [0.15, 0.2) is 0 Å². The molecule has 3 amide bonds. The molecule has 0 bridgehead atoms. The Morgan fingerprint density at radius 3 is 2.20 bits per heavy atom. The maximum absolute atomic E-state index is 11.0. The van der Waals surface area contributed by atoms with Crippen LogP contribution in [0.5, 0.6) is 0 Å². The van der Waals surface area contributed by atoms with Gasteiger partial charge in [-0.1, -0.05) is 0 Å². The molecule has 1 heterocycles. The van der Waals surface area contributed by atoms with Crippen molar-refractivity contribution in [2.75, 3.05) is 0 Å². The SMILES string of the molecule is O=C(O)NS(=O)(=O)BN1C(=O)C=CC1=O. The van der Waals surface area contributed by atoms with Crippen LogP contribution in [0.25, 0.3) is 0 Å². The van der Waals surface area contributed by atoms with Crippen molar-refractivity contribution in [3.05, 3.63) is 12.2 Å². The van der Waals surface area contributed by atoms with Crippen molar-refractivity contribution in [2.45, 2.75) is 0 Å². The van der Waals surface area contributed by atoms with Crippen molar-refractivity contribution in [3.8, 4) is 0 Å². The summed E-state index contributed by atoms with van der Waals surface area (Å²) in [6, 6.07) is 0. The average Bonchev–Trinajstić information content (AvgIpc) is 2.33. The van der Waals surface area contributed by atoms with E-state index in [4.69, 9.17) is 5.11 Å². The molecular formula is C5H5BN2O6S. The molecule has 1 rings (SSSR count). The molecule has 0 aromatic heterocycles. The third-order valence-corrected chi connectivity index (χ3v) is 2.53. The number of carbonyl (C=O) groups is 3. The molecule has 0 aromatic rings. The molecule has 0 aromatic carbocycles. The monoisotopic (exact) mass is 232 g/mol. The standard InChI is InChI=1S/C5H5BN2O6S/c9-3-1-2-4(10)8(3)6-15(13,14)7-5(11)12/h1-2,6-7H,(H,11,12). The number of carboxylic acid groups (broad SMARTS) is 1. The third kappa shape index (κ3) is 2.81. The van der Waals surface area contributed by atoms with Crippen LogP contribution in [0.3, 0.4) is 0 Å². The number of hydrogen-bond donors (Lipinski definition) is 2. The molecule has 10 heteroatoms. The number of rotatable bonds is 3. The first-order valence-corrected chi connectivity index (χ1v) is 5.24. The Morgan fingerprint density at radius 1 is 1.33 bits per heavy atom. The van der Waals surface area contributed by atoms with Crippen LogP contribution in [0.4, 0.5) is 4.79 Å². The van der Waals surface area contributed by atoms with Crippen LogP contribution < -0.4 is 4.72 Å². The van der Waals surface area contributed by atoms with Crippen LogP contribution in [-0.4, -0.2) is 42.9 Å².